The van der Waals surface area contributed by atoms with Crippen molar-refractivity contribution in [3.8, 4) is 0 Å². The molecule has 4 nitrogen and oxygen atoms in total. The van der Waals surface area contributed by atoms with Crippen LogP contribution in [0, 0.1) is 0 Å². The highest BCUT2D eigenvalue weighted by atomic mass is 16.3. The van der Waals surface area contributed by atoms with Crippen molar-refractivity contribution in [2.24, 2.45) is 0 Å². The van der Waals surface area contributed by atoms with E-state index in [0.29, 0.717) is 6.42 Å². The van der Waals surface area contributed by atoms with Crippen LogP contribution in [0.1, 0.15) is 136 Å². The lowest BCUT2D eigenvalue weighted by atomic mass is 10.1. The number of aliphatic hydroxyl groups excluding tert-OH is 2. The van der Waals surface area contributed by atoms with Gasteiger partial charge >= 0.3 is 0 Å². The Hall–Kier alpha value is -2.69. The van der Waals surface area contributed by atoms with Crippen LogP contribution in [0.3, 0.4) is 0 Å². The Balaban J connectivity index is 3.69. The average Bonchev–Trinajstić information content (AvgIpc) is 3.04. The van der Waals surface area contributed by atoms with Crippen LogP contribution in [-0.2, 0) is 4.79 Å². The van der Waals surface area contributed by atoms with E-state index in [1.807, 2.05) is 6.08 Å². The molecule has 0 rings (SSSR count). The molecule has 0 bridgehead atoms. The zero-order chi connectivity index (χ0) is 32.9. The molecule has 0 saturated heterocycles. The van der Waals surface area contributed by atoms with E-state index in [4.69, 9.17) is 0 Å². The molecule has 0 aliphatic rings. The number of hydrogen-bond donors (Lipinski definition) is 3. The van der Waals surface area contributed by atoms with Gasteiger partial charge in [0.2, 0.25) is 5.91 Å². The number of aliphatic hydroxyl groups is 2. The lowest BCUT2D eigenvalue weighted by molar-refractivity contribution is -0.123. The largest absolute Gasteiger partial charge is 0.394 e. The van der Waals surface area contributed by atoms with Crippen LogP contribution in [0.2, 0.25) is 0 Å². The molecule has 0 aliphatic carbocycles. The third kappa shape index (κ3) is 32.5. The normalized spacial score (nSPS) is 14.3. The molecule has 0 heterocycles. The van der Waals surface area contributed by atoms with Crippen LogP contribution < -0.4 is 5.32 Å². The van der Waals surface area contributed by atoms with E-state index >= 15 is 0 Å². The minimum absolute atomic E-state index is 0.0956. The van der Waals surface area contributed by atoms with Crippen molar-refractivity contribution in [1.29, 1.82) is 0 Å². The summed E-state index contributed by atoms with van der Waals surface area (Å²) in [5, 5.41) is 22.6. The maximum Gasteiger partial charge on any atom is 0.220 e. The first-order valence-corrected chi connectivity index (χ1v) is 18.0. The lowest BCUT2D eigenvalue weighted by Crippen LogP contribution is -2.45. The highest BCUT2D eigenvalue weighted by Crippen LogP contribution is 2.09. The zero-order valence-electron chi connectivity index (χ0n) is 28.8. The van der Waals surface area contributed by atoms with Gasteiger partial charge in [0.25, 0.3) is 0 Å². The van der Waals surface area contributed by atoms with Gasteiger partial charge < -0.3 is 15.5 Å². The Bertz CT molecular complexity index is 890. The van der Waals surface area contributed by atoms with E-state index in [0.717, 1.165) is 83.5 Å². The second-order valence-corrected chi connectivity index (χ2v) is 11.6. The fraction of sp³-hybridized carbons (Fsp3) is 0.585. The topological polar surface area (TPSA) is 69.6 Å². The van der Waals surface area contributed by atoms with Gasteiger partial charge in [-0.15, -0.1) is 0 Å². The molecule has 0 aromatic carbocycles. The monoisotopic (exact) mass is 622 g/mol. The number of hydrogen-bond acceptors (Lipinski definition) is 3. The zero-order valence-corrected chi connectivity index (χ0v) is 28.8. The van der Waals surface area contributed by atoms with Crippen LogP contribution in [0.5, 0.6) is 0 Å². The van der Waals surface area contributed by atoms with E-state index in [-0.39, 0.29) is 12.5 Å². The van der Waals surface area contributed by atoms with Crippen LogP contribution in [0.25, 0.3) is 0 Å². The van der Waals surface area contributed by atoms with Crippen molar-refractivity contribution in [3.63, 3.8) is 0 Å². The van der Waals surface area contributed by atoms with Crippen LogP contribution in [0.15, 0.2) is 97.2 Å². The molecule has 0 radical (unpaired) electrons. The highest BCUT2D eigenvalue weighted by Gasteiger charge is 2.17. The molecule has 0 aromatic heterocycles. The fourth-order valence-electron chi connectivity index (χ4n) is 4.57. The minimum Gasteiger partial charge on any atom is -0.394 e. The molecular weight excluding hydrogens is 554 g/mol. The Morgan fingerprint density at radius 1 is 0.556 bits per heavy atom. The second-order valence-electron chi connectivity index (χ2n) is 11.6. The number of amides is 1. The highest BCUT2D eigenvalue weighted by molar-refractivity contribution is 5.76. The van der Waals surface area contributed by atoms with Gasteiger partial charge in [-0.1, -0.05) is 150 Å². The molecule has 3 N–H and O–H groups in total. The molecule has 45 heavy (non-hydrogen) atoms. The maximum absolute atomic E-state index is 12.2. The van der Waals surface area contributed by atoms with Crippen LogP contribution in [-0.4, -0.2) is 34.9 Å². The quantitative estimate of drug-likeness (QED) is 0.0552. The van der Waals surface area contributed by atoms with Gasteiger partial charge in [0.15, 0.2) is 0 Å². The third-order valence-electron chi connectivity index (χ3n) is 7.32. The second kappa shape index (κ2) is 35.8. The number of rotatable bonds is 30. The Morgan fingerprint density at radius 2 is 0.978 bits per heavy atom. The summed E-state index contributed by atoms with van der Waals surface area (Å²) in [5.41, 5.74) is 0. The predicted molar refractivity (Wildman–Crippen MR) is 197 cm³/mol. The van der Waals surface area contributed by atoms with E-state index < -0.39 is 12.1 Å². The first-order valence-electron chi connectivity index (χ1n) is 18.0. The van der Waals surface area contributed by atoms with Crippen molar-refractivity contribution in [2.45, 2.75) is 148 Å². The molecule has 0 saturated carbocycles. The standard InChI is InChI=1S/C41H67NO3/c1-3-5-7-9-11-12-13-14-15-16-17-18-19-20-21-22-23-24-25-26-27-28-29-30-31-33-35-37-41(45)42-39(38-43)40(44)36-34-32-10-8-6-4-2/h5,7,11-12,14-15,17-18,20-21,23-24,26-27,34,36,39-40,43-44H,3-4,6,8-10,13,16,19,22,25,28-33,35,37-38H2,1-2H3,(H,42,45)/b7-5-,12-11-,15-14-,18-17-,21-20-,24-23-,27-26-,36-34+. The molecule has 1 amide bonds. The molecule has 0 spiro atoms. The molecule has 0 aromatic rings. The molecule has 2 atom stereocenters. The van der Waals surface area contributed by atoms with Crippen LogP contribution in [0.4, 0.5) is 0 Å². The van der Waals surface area contributed by atoms with Gasteiger partial charge in [0, 0.05) is 6.42 Å². The smallest absolute Gasteiger partial charge is 0.220 e. The maximum atomic E-state index is 12.2. The summed E-state index contributed by atoms with van der Waals surface area (Å²) < 4.78 is 0. The van der Waals surface area contributed by atoms with Gasteiger partial charge in [-0.3, -0.25) is 4.79 Å². The SMILES string of the molecule is CC/C=C\C/C=C\C/C=C\C/C=C\C/C=C\C/C=C\C/C=C\CCCCCCCC(=O)NC(CO)C(O)/C=C/CCCCCC. The molecule has 0 fully saturated rings. The number of unbranched alkanes of at least 4 members (excludes halogenated alkanes) is 9. The molecule has 254 valence electrons. The van der Waals surface area contributed by atoms with E-state index in [2.05, 4.69) is 104 Å². The van der Waals surface area contributed by atoms with Crippen molar-refractivity contribution >= 4 is 5.91 Å². The summed E-state index contributed by atoms with van der Waals surface area (Å²) in [5.74, 6) is -0.0956. The number of nitrogens with one attached hydrogen (secondary N) is 1. The van der Waals surface area contributed by atoms with Gasteiger partial charge in [0.1, 0.15) is 0 Å². The van der Waals surface area contributed by atoms with Gasteiger partial charge in [0.05, 0.1) is 18.8 Å². The minimum atomic E-state index is -0.849. The summed E-state index contributed by atoms with van der Waals surface area (Å²) in [4.78, 5) is 12.2. The van der Waals surface area contributed by atoms with Crippen molar-refractivity contribution in [3.05, 3.63) is 97.2 Å². The molecular formula is C41H67NO3. The number of allylic oxidation sites excluding steroid dienone is 15. The predicted octanol–water partition coefficient (Wildman–Crippen LogP) is 10.7. The van der Waals surface area contributed by atoms with Crippen molar-refractivity contribution in [2.75, 3.05) is 6.61 Å². The Labute approximate surface area is 277 Å². The number of carbonyl (C=O) groups excluding carboxylic acids is 1. The van der Waals surface area contributed by atoms with E-state index in [1.165, 1.54) is 32.1 Å². The van der Waals surface area contributed by atoms with E-state index in [9.17, 15) is 15.0 Å². The average molecular weight is 622 g/mol. The van der Waals surface area contributed by atoms with Gasteiger partial charge in [-0.25, -0.2) is 0 Å². The molecule has 0 aliphatic heterocycles. The lowest BCUT2D eigenvalue weighted by Gasteiger charge is -2.20. The first-order chi connectivity index (χ1) is 22.2. The van der Waals surface area contributed by atoms with E-state index in [1.54, 1.807) is 6.08 Å². The van der Waals surface area contributed by atoms with Crippen molar-refractivity contribution in [1.82, 2.24) is 5.32 Å². The summed E-state index contributed by atoms with van der Waals surface area (Å²) in [7, 11) is 0. The first kappa shape index (κ1) is 42.3. The Morgan fingerprint density at radius 3 is 1.47 bits per heavy atom. The summed E-state index contributed by atoms with van der Waals surface area (Å²) >= 11 is 0. The summed E-state index contributed by atoms with van der Waals surface area (Å²) in [6, 6.07) is -0.635. The fourth-order valence-corrected chi connectivity index (χ4v) is 4.57. The van der Waals surface area contributed by atoms with Gasteiger partial charge in [-0.2, -0.15) is 0 Å². The summed E-state index contributed by atoms with van der Waals surface area (Å²) in [6.07, 6.45) is 53.7. The van der Waals surface area contributed by atoms with Crippen LogP contribution >= 0.6 is 0 Å². The Kier molecular flexibility index (Phi) is 33.6. The van der Waals surface area contributed by atoms with Crippen molar-refractivity contribution < 1.29 is 15.0 Å². The third-order valence-corrected chi connectivity index (χ3v) is 7.32. The molecule has 2 unspecified atom stereocenters. The number of carbonyl (C=O) groups is 1. The van der Waals surface area contributed by atoms with Gasteiger partial charge in [-0.05, 0) is 77.0 Å². The summed E-state index contributed by atoms with van der Waals surface area (Å²) in [6.45, 7) is 4.08. The molecule has 4 heteroatoms.